The molecule has 0 fully saturated rings. The zero-order valence-electron chi connectivity index (χ0n) is 16.3. The van der Waals surface area contributed by atoms with Crippen LogP contribution in [0.4, 0.5) is 0 Å². The van der Waals surface area contributed by atoms with Gasteiger partial charge in [0.2, 0.25) is 0 Å². The van der Waals surface area contributed by atoms with Crippen LogP contribution < -0.4 is 0 Å². The molecule has 0 rings (SSSR count). The predicted molar refractivity (Wildman–Crippen MR) is 92.6 cm³/mol. The smallest absolute Gasteiger partial charge is 0.348 e. The molecule has 0 aliphatic carbocycles. The van der Waals surface area contributed by atoms with Gasteiger partial charge in [0.25, 0.3) is 0 Å². The van der Waals surface area contributed by atoms with Gasteiger partial charge in [-0.05, 0) is 38.5 Å². The first-order valence-corrected chi connectivity index (χ1v) is 9.07. The largest absolute Gasteiger partial charge is 0.389 e. The molecule has 0 bridgehead atoms. The molecule has 2 unspecified atom stereocenters. The number of hydrogen-bond acceptors (Lipinski definition) is 7. The second-order valence-corrected chi connectivity index (χ2v) is 6.58. The Labute approximate surface area is 150 Å². The van der Waals surface area contributed by atoms with Gasteiger partial charge >= 0.3 is 11.9 Å². The number of carbonyl (C=O) groups excluding carboxylic acids is 2. The first-order valence-electron chi connectivity index (χ1n) is 9.07. The lowest BCUT2D eigenvalue weighted by atomic mass is 9.76. The van der Waals surface area contributed by atoms with E-state index < -0.39 is 34.3 Å². The highest BCUT2D eigenvalue weighted by atomic mass is 16.6. The molecule has 7 heteroatoms. The summed E-state index contributed by atoms with van der Waals surface area (Å²) < 4.78 is 4.76. The van der Waals surface area contributed by atoms with Crippen LogP contribution in [0.15, 0.2) is 0 Å². The van der Waals surface area contributed by atoms with Gasteiger partial charge in [0.05, 0.1) is 0 Å². The number of esters is 2. The van der Waals surface area contributed by atoms with Crippen molar-refractivity contribution in [3.8, 4) is 0 Å². The Bertz CT molecular complexity index is 426. The summed E-state index contributed by atoms with van der Waals surface area (Å²) in [6, 6.07) is 0. The summed E-state index contributed by atoms with van der Waals surface area (Å²) in [5.74, 6) is -2.65. The summed E-state index contributed by atoms with van der Waals surface area (Å²) in [5, 5.41) is 42.5. The van der Waals surface area contributed by atoms with Gasteiger partial charge in [-0.25, -0.2) is 9.59 Å². The van der Waals surface area contributed by atoms with E-state index in [1.807, 2.05) is 0 Å². The molecule has 0 aliphatic heterocycles. The number of hydrogen-bond donors (Lipinski definition) is 4. The summed E-state index contributed by atoms with van der Waals surface area (Å²) in [4.78, 5) is 25.0. The van der Waals surface area contributed by atoms with Crippen LogP contribution >= 0.6 is 0 Å². The second kappa shape index (κ2) is 8.58. The van der Waals surface area contributed by atoms with Crippen molar-refractivity contribution in [2.45, 2.75) is 102 Å². The lowest BCUT2D eigenvalue weighted by molar-refractivity contribution is -0.220. The molecule has 0 radical (unpaired) electrons. The van der Waals surface area contributed by atoms with E-state index in [1.165, 1.54) is 13.8 Å². The Balaban J connectivity index is 5.76. The zero-order valence-corrected chi connectivity index (χ0v) is 16.3. The molecular formula is C18H34O7. The van der Waals surface area contributed by atoms with E-state index in [9.17, 15) is 30.0 Å². The molecular weight excluding hydrogens is 328 g/mol. The third-order valence-corrected chi connectivity index (χ3v) is 5.76. The predicted octanol–water partition coefficient (Wildman–Crippen LogP) is 1.44. The highest BCUT2D eigenvalue weighted by molar-refractivity contribution is 5.95. The van der Waals surface area contributed by atoms with E-state index in [4.69, 9.17) is 4.74 Å². The van der Waals surface area contributed by atoms with Crippen LogP contribution in [0, 0.1) is 0 Å². The Morgan fingerprint density at radius 1 is 0.600 bits per heavy atom. The quantitative estimate of drug-likeness (QED) is 0.342. The normalized spacial score (nSPS) is 17.5. The average molecular weight is 362 g/mol. The molecule has 25 heavy (non-hydrogen) atoms. The molecule has 0 amide bonds. The van der Waals surface area contributed by atoms with Crippen LogP contribution in [0.2, 0.25) is 0 Å². The van der Waals surface area contributed by atoms with Crippen LogP contribution in [-0.2, 0) is 14.3 Å². The summed E-state index contributed by atoms with van der Waals surface area (Å²) in [5.41, 5.74) is -8.13. The Morgan fingerprint density at radius 2 is 0.840 bits per heavy atom. The maximum Gasteiger partial charge on any atom is 0.348 e. The molecule has 0 aliphatic rings. The van der Waals surface area contributed by atoms with Crippen LogP contribution in [-0.4, -0.2) is 54.8 Å². The van der Waals surface area contributed by atoms with E-state index in [2.05, 4.69) is 0 Å². The van der Waals surface area contributed by atoms with E-state index in [0.29, 0.717) is 0 Å². The van der Waals surface area contributed by atoms with Gasteiger partial charge in [0, 0.05) is 0 Å². The molecule has 0 saturated heterocycles. The van der Waals surface area contributed by atoms with Gasteiger partial charge in [-0.1, -0.05) is 41.5 Å². The van der Waals surface area contributed by atoms with Crippen LogP contribution in [0.3, 0.4) is 0 Å². The van der Waals surface area contributed by atoms with Gasteiger partial charge in [-0.15, -0.1) is 0 Å². The highest BCUT2D eigenvalue weighted by Crippen LogP contribution is 2.36. The van der Waals surface area contributed by atoms with Crippen LogP contribution in [0.5, 0.6) is 0 Å². The van der Waals surface area contributed by atoms with E-state index >= 15 is 0 Å². The number of aliphatic hydroxyl groups is 4. The first-order chi connectivity index (χ1) is 11.4. The van der Waals surface area contributed by atoms with Crippen molar-refractivity contribution in [1.82, 2.24) is 0 Å². The topological polar surface area (TPSA) is 124 Å². The maximum absolute atomic E-state index is 12.5. The molecule has 148 valence electrons. The molecule has 2 atom stereocenters. The lowest BCUT2D eigenvalue weighted by Crippen LogP contribution is -2.63. The van der Waals surface area contributed by atoms with Crippen molar-refractivity contribution in [2.75, 3.05) is 0 Å². The fraction of sp³-hybridized carbons (Fsp3) is 0.889. The van der Waals surface area contributed by atoms with E-state index in [-0.39, 0.29) is 38.5 Å². The highest BCUT2D eigenvalue weighted by Gasteiger charge is 2.57. The van der Waals surface area contributed by atoms with Gasteiger partial charge in [0.15, 0.2) is 11.2 Å². The number of rotatable bonds is 10. The van der Waals surface area contributed by atoms with E-state index in [0.717, 1.165) is 0 Å². The minimum atomic E-state index is -2.29. The van der Waals surface area contributed by atoms with Gasteiger partial charge in [0.1, 0.15) is 11.2 Å². The van der Waals surface area contributed by atoms with Crippen molar-refractivity contribution < 1.29 is 34.8 Å². The minimum absolute atomic E-state index is 0.0725. The fourth-order valence-electron chi connectivity index (χ4n) is 3.25. The Hall–Kier alpha value is -1.02. The first kappa shape index (κ1) is 24.0. The molecule has 0 saturated carbocycles. The number of carbonyl (C=O) groups is 2. The third-order valence-electron chi connectivity index (χ3n) is 5.76. The van der Waals surface area contributed by atoms with Crippen molar-refractivity contribution in [3.63, 3.8) is 0 Å². The Kier molecular flexibility index (Phi) is 8.23. The van der Waals surface area contributed by atoms with Gasteiger partial charge in [-0.2, -0.15) is 0 Å². The van der Waals surface area contributed by atoms with Crippen molar-refractivity contribution in [3.05, 3.63) is 0 Å². The monoisotopic (exact) mass is 362 g/mol. The zero-order chi connectivity index (χ0) is 20.1. The minimum Gasteiger partial charge on any atom is -0.389 e. The summed E-state index contributed by atoms with van der Waals surface area (Å²) in [6.45, 7) is 9.40. The fourth-order valence-corrected chi connectivity index (χ4v) is 3.25. The number of ether oxygens (including phenoxy) is 1. The lowest BCUT2D eigenvalue weighted by Gasteiger charge is -2.42. The van der Waals surface area contributed by atoms with Crippen molar-refractivity contribution in [2.24, 2.45) is 0 Å². The van der Waals surface area contributed by atoms with Crippen molar-refractivity contribution in [1.29, 1.82) is 0 Å². The van der Waals surface area contributed by atoms with Gasteiger partial charge < -0.3 is 25.2 Å². The second-order valence-electron chi connectivity index (χ2n) is 6.58. The molecule has 0 aromatic rings. The third kappa shape index (κ3) is 3.89. The summed E-state index contributed by atoms with van der Waals surface area (Å²) in [6.07, 6.45) is -0.0561. The molecule has 0 spiro atoms. The van der Waals surface area contributed by atoms with Gasteiger partial charge in [-0.3, -0.25) is 0 Å². The SMILES string of the molecule is CCC(O)(CC)C(O)(CC)C(=O)OC(=O)C(O)(CC)C(O)(CC)CC. The molecule has 0 heterocycles. The summed E-state index contributed by atoms with van der Waals surface area (Å²) >= 11 is 0. The van der Waals surface area contributed by atoms with E-state index in [1.54, 1.807) is 27.7 Å². The molecule has 0 aromatic carbocycles. The molecule has 0 aromatic heterocycles. The van der Waals surface area contributed by atoms with Crippen LogP contribution in [0.1, 0.15) is 80.1 Å². The Morgan fingerprint density at radius 3 is 1.00 bits per heavy atom. The maximum atomic E-state index is 12.5. The van der Waals surface area contributed by atoms with Crippen molar-refractivity contribution >= 4 is 11.9 Å². The standard InChI is InChI=1S/C18H34O7/c1-7-15(21,8-2)17(23,11-5)13(19)25-14(20)18(24,12-6)16(22,9-3)10-4/h21-24H,7-12H2,1-6H3. The molecule has 7 nitrogen and oxygen atoms in total. The molecule has 4 N–H and O–H groups in total. The summed E-state index contributed by atoms with van der Waals surface area (Å²) in [7, 11) is 0. The van der Waals surface area contributed by atoms with Crippen LogP contribution in [0.25, 0.3) is 0 Å². The average Bonchev–Trinajstić information content (AvgIpc) is 2.64.